The minimum Gasteiger partial charge on any atom is -0.343 e. The predicted molar refractivity (Wildman–Crippen MR) is 69.9 cm³/mol. The third-order valence-electron chi connectivity index (χ3n) is 3.94. The molecule has 2 amide bonds. The van der Waals surface area contributed by atoms with Gasteiger partial charge in [0.05, 0.1) is 6.54 Å². The maximum Gasteiger partial charge on any atom is 0.245 e. The van der Waals surface area contributed by atoms with Crippen molar-refractivity contribution in [3.8, 4) is 0 Å². The van der Waals surface area contributed by atoms with Gasteiger partial charge in [-0.15, -0.1) is 0 Å². The van der Waals surface area contributed by atoms with Crippen LogP contribution in [0.5, 0.6) is 0 Å². The quantitative estimate of drug-likeness (QED) is 0.825. The zero-order valence-electron chi connectivity index (χ0n) is 11.4. The second-order valence-electron chi connectivity index (χ2n) is 6.12. The lowest BCUT2D eigenvalue weighted by Gasteiger charge is -2.34. The molecule has 1 saturated heterocycles. The van der Waals surface area contributed by atoms with Crippen LogP contribution in [0.2, 0.25) is 0 Å². The summed E-state index contributed by atoms with van der Waals surface area (Å²) in [4.78, 5) is 25.8. The second-order valence-corrected chi connectivity index (χ2v) is 6.12. The van der Waals surface area contributed by atoms with E-state index in [-0.39, 0.29) is 24.4 Å². The number of nitrogens with zero attached hydrogens (tertiary/aromatic N) is 1. The molecule has 1 unspecified atom stereocenters. The van der Waals surface area contributed by atoms with Crippen LogP contribution < -0.4 is 5.32 Å². The number of hydrogen-bond acceptors (Lipinski definition) is 2. The topological polar surface area (TPSA) is 49.4 Å². The van der Waals surface area contributed by atoms with E-state index in [1.165, 1.54) is 25.7 Å². The maximum atomic E-state index is 12.3. The molecule has 1 aliphatic carbocycles. The van der Waals surface area contributed by atoms with Crippen molar-refractivity contribution in [3.63, 3.8) is 0 Å². The molecule has 1 atom stereocenters. The van der Waals surface area contributed by atoms with Crippen molar-refractivity contribution in [2.75, 3.05) is 13.1 Å². The summed E-state index contributed by atoms with van der Waals surface area (Å²) in [7, 11) is 0. The smallest absolute Gasteiger partial charge is 0.245 e. The standard InChI is InChI=1S/C14H24N2O2/c1-10(2)7-12-14(18)16(9-13(17)15-12)8-11-5-3-4-6-11/h10-12H,3-9H2,1-2H3,(H,15,17). The molecule has 1 N–H and O–H groups in total. The molecule has 0 spiro atoms. The Kier molecular flexibility index (Phi) is 4.25. The molecule has 2 rings (SSSR count). The average molecular weight is 252 g/mol. The number of carbonyl (C=O) groups is 2. The van der Waals surface area contributed by atoms with Gasteiger partial charge in [-0.1, -0.05) is 26.7 Å². The van der Waals surface area contributed by atoms with Crippen LogP contribution in [0, 0.1) is 11.8 Å². The third kappa shape index (κ3) is 3.24. The van der Waals surface area contributed by atoms with Crippen molar-refractivity contribution < 1.29 is 9.59 Å². The Hall–Kier alpha value is -1.06. The van der Waals surface area contributed by atoms with Gasteiger partial charge in [0.1, 0.15) is 6.04 Å². The fraction of sp³-hybridized carbons (Fsp3) is 0.857. The summed E-state index contributed by atoms with van der Waals surface area (Å²) in [6.45, 7) is 5.19. The first-order valence-electron chi connectivity index (χ1n) is 7.14. The Morgan fingerprint density at radius 2 is 1.94 bits per heavy atom. The number of amides is 2. The first-order chi connectivity index (χ1) is 8.56. The molecule has 2 aliphatic rings. The zero-order chi connectivity index (χ0) is 13.1. The molecule has 0 radical (unpaired) electrons. The summed E-state index contributed by atoms with van der Waals surface area (Å²) in [5.74, 6) is 1.15. The number of carbonyl (C=O) groups excluding carboxylic acids is 2. The fourth-order valence-electron chi connectivity index (χ4n) is 3.06. The Labute approximate surface area is 109 Å². The fourth-order valence-corrected chi connectivity index (χ4v) is 3.06. The molecule has 1 heterocycles. The van der Waals surface area contributed by atoms with Crippen molar-refractivity contribution in [2.45, 2.75) is 52.0 Å². The van der Waals surface area contributed by atoms with Gasteiger partial charge in [0, 0.05) is 6.54 Å². The van der Waals surface area contributed by atoms with E-state index in [1.807, 2.05) is 0 Å². The molecule has 102 valence electrons. The van der Waals surface area contributed by atoms with Crippen molar-refractivity contribution in [3.05, 3.63) is 0 Å². The van der Waals surface area contributed by atoms with E-state index in [4.69, 9.17) is 0 Å². The summed E-state index contributed by atoms with van der Waals surface area (Å²) >= 11 is 0. The molecule has 4 nitrogen and oxygen atoms in total. The first kappa shape index (κ1) is 13.4. The molecule has 0 aromatic carbocycles. The number of hydrogen-bond donors (Lipinski definition) is 1. The van der Waals surface area contributed by atoms with Gasteiger partial charge in [-0.25, -0.2) is 0 Å². The molecule has 0 bridgehead atoms. The number of rotatable bonds is 4. The SMILES string of the molecule is CC(C)CC1NC(=O)CN(CC2CCCC2)C1=O. The van der Waals surface area contributed by atoms with Crippen molar-refractivity contribution in [1.82, 2.24) is 10.2 Å². The first-order valence-corrected chi connectivity index (χ1v) is 7.14. The number of piperazine rings is 1. The molecule has 0 aromatic rings. The largest absolute Gasteiger partial charge is 0.343 e. The van der Waals surface area contributed by atoms with Gasteiger partial charge < -0.3 is 10.2 Å². The molecular weight excluding hydrogens is 228 g/mol. The summed E-state index contributed by atoms with van der Waals surface area (Å²) in [6, 6.07) is -0.298. The van der Waals surface area contributed by atoms with Gasteiger partial charge in [-0.05, 0) is 31.1 Å². The average Bonchev–Trinajstić information content (AvgIpc) is 2.77. The number of nitrogens with one attached hydrogen (secondary N) is 1. The molecule has 4 heteroatoms. The van der Waals surface area contributed by atoms with Crippen molar-refractivity contribution >= 4 is 11.8 Å². The normalized spacial score (nSPS) is 25.9. The summed E-state index contributed by atoms with van der Waals surface area (Å²) in [5, 5.41) is 2.82. The van der Waals surface area contributed by atoms with Gasteiger partial charge in [0.2, 0.25) is 11.8 Å². The van der Waals surface area contributed by atoms with E-state index in [2.05, 4.69) is 19.2 Å². The monoisotopic (exact) mass is 252 g/mol. The van der Waals surface area contributed by atoms with Crippen LogP contribution in [0.3, 0.4) is 0 Å². The summed E-state index contributed by atoms with van der Waals surface area (Å²) in [5.41, 5.74) is 0. The van der Waals surface area contributed by atoms with Gasteiger partial charge in [0.25, 0.3) is 0 Å². The molecule has 2 fully saturated rings. The van der Waals surface area contributed by atoms with E-state index < -0.39 is 0 Å². The zero-order valence-corrected chi connectivity index (χ0v) is 11.4. The lowest BCUT2D eigenvalue weighted by Crippen LogP contribution is -2.59. The highest BCUT2D eigenvalue weighted by Crippen LogP contribution is 2.26. The van der Waals surface area contributed by atoms with Crippen LogP contribution in [0.4, 0.5) is 0 Å². The van der Waals surface area contributed by atoms with Crippen molar-refractivity contribution in [1.29, 1.82) is 0 Å². The summed E-state index contributed by atoms with van der Waals surface area (Å²) in [6.07, 6.45) is 5.70. The molecule has 1 aliphatic heterocycles. The minimum absolute atomic E-state index is 0.00162. The third-order valence-corrected chi connectivity index (χ3v) is 3.94. The highest BCUT2D eigenvalue weighted by molar-refractivity contribution is 5.94. The molecule has 1 saturated carbocycles. The lowest BCUT2D eigenvalue weighted by molar-refractivity contribution is -0.145. The Balaban J connectivity index is 1.95. The highest BCUT2D eigenvalue weighted by Gasteiger charge is 2.34. The Morgan fingerprint density at radius 1 is 1.28 bits per heavy atom. The van der Waals surface area contributed by atoms with E-state index in [1.54, 1.807) is 4.90 Å². The minimum atomic E-state index is -0.298. The van der Waals surface area contributed by atoms with Crippen LogP contribution in [0.25, 0.3) is 0 Å². The predicted octanol–water partition coefficient (Wildman–Crippen LogP) is 1.55. The van der Waals surface area contributed by atoms with Crippen LogP contribution in [0.15, 0.2) is 0 Å². The van der Waals surface area contributed by atoms with Gasteiger partial charge in [0.15, 0.2) is 0 Å². The maximum absolute atomic E-state index is 12.3. The Morgan fingerprint density at radius 3 is 2.56 bits per heavy atom. The molecule has 18 heavy (non-hydrogen) atoms. The Bertz CT molecular complexity index is 322. The van der Waals surface area contributed by atoms with Gasteiger partial charge in [-0.3, -0.25) is 9.59 Å². The van der Waals surface area contributed by atoms with E-state index in [0.29, 0.717) is 11.8 Å². The van der Waals surface area contributed by atoms with E-state index >= 15 is 0 Å². The lowest BCUT2D eigenvalue weighted by atomic mass is 9.99. The van der Waals surface area contributed by atoms with Crippen LogP contribution in [0.1, 0.15) is 46.0 Å². The van der Waals surface area contributed by atoms with Crippen molar-refractivity contribution in [2.24, 2.45) is 11.8 Å². The van der Waals surface area contributed by atoms with E-state index in [9.17, 15) is 9.59 Å². The van der Waals surface area contributed by atoms with Gasteiger partial charge >= 0.3 is 0 Å². The molecule has 0 aromatic heterocycles. The van der Waals surface area contributed by atoms with Crippen LogP contribution in [-0.2, 0) is 9.59 Å². The van der Waals surface area contributed by atoms with Crippen LogP contribution >= 0.6 is 0 Å². The summed E-state index contributed by atoms with van der Waals surface area (Å²) < 4.78 is 0. The van der Waals surface area contributed by atoms with Crippen LogP contribution in [-0.4, -0.2) is 35.8 Å². The highest BCUT2D eigenvalue weighted by atomic mass is 16.2. The van der Waals surface area contributed by atoms with Gasteiger partial charge in [-0.2, -0.15) is 0 Å². The molecular formula is C14H24N2O2. The van der Waals surface area contributed by atoms with E-state index in [0.717, 1.165) is 13.0 Å². The second kappa shape index (κ2) is 5.72.